The maximum Gasteiger partial charge on any atom is 0.302 e. The minimum Gasteiger partial charge on any atom is -0.463 e. The smallest absolute Gasteiger partial charge is 0.302 e. The molecule has 7 heteroatoms. The first-order chi connectivity index (χ1) is 10.8. The summed E-state index contributed by atoms with van der Waals surface area (Å²) in [7, 11) is 4.38. The van der Waals surface area contributed by atoms with Crippen molar-refractivity contribution in [3.05, 3.63) is 0 Å². The number of esters is 1. The molecule has 0 radical (unpaired) electrons. The van der Waals surface area contributed by atoms with Gasteiger partial charge in [-0.2, -0.15) is 0 Å². The van der Waals surface area contributed by atoms with Crippen molar-refractivity contribution in [2.24, 2.45) is 0 Å². The molecule has 0 aromatic rings. The Labute approximate surface area is 138 Å². The van der Waals surface area contributed by atoms with E-state index in [-0.39, 0.29) is 13.2 Å². The summed E-state index contributed by atoms with van der Waals surface area (Å²) in [5, 5.41) is 27.8. The van der Waals surface area contributed by atoms with Crippen LogP contribution in [0.15, 0.2) is 0 Å². The van der Waals surface area contributed by atoms with Crippen LogP contribution in [0.4, 0.5) is 0 Å². The molecule has 4 atom stereocenters. The molecule has 1 saturated heterocycles. The summed E-state index contributed by atoms with van der Waals surface area (Å²) < 4.78 is 9.60. The number of aliphatic hydroxyl groups is 3. The van der Waals surface area contributed by atoms with E-state index >= 15 is 0 Å². The largest absolute Gasteiger partial charge is 0.463 e. The average molecular weight is 333 g/mol. The minimum absolute atomic E-state index is 0.0792. The van der Waals surface area contributed by atoms with Crippen molar-refractivity contribution in [2.75, 3.05) is 27.3 Å². The minimum atomic E-state index is -1.26. The zero-order valence-corrected chi connectivity index (χ0v) is 14.4. The number of ether oxygens (including phenoxy) is 2. The number of carbonyl (C=O) groups excluding carboxylic acids is 1. The number of hydrogen-bond donors (Lipinski definition) is 3. The first-order valence-corrected chi connectivity index (χ1v) is 8.28. The summed E-state index contributed by atoms with van der Waals surface area (Å²) in [6.07, 6.45) is 2.83. The van der Waals surface area contributed by atoms with Gasteiger partial charge in [0.15, 0.2) is 0 Å². The third kappa shape index (κ3) is 7.14. The van der Waals surface area contributed by atoms with Crippen molar-refractivity contribution in [3.8, 4) is 0 Å². The van der Waals surface area contributed by atoms with E-state index < -0.39 is 30.4 Å². The van der Waals surface area contributed by atoms with Gasteiger partial charge in [-0.3, -0.25) is 4.79 Å². The van der Waals surface area contributed by atoms with Crippen molar-refractivity contribution < 1.29 is 29.6 Å². The highest BCUT2D eigenvalue weighted by molar-refractivity contribution is 5.65. The van der Waals surface area contributed by atoms with Crippen LogP contribution < -0.4 is 0 Å². The lowest BCUT2D eigenvalue weighted by Gasteiger charge is -2.34. The summed E-state index contributed by atoms with van der Waals surface area (Å²) in [6, 6.07) is 0.888. The lowest BCUT2D eigenvalue weighted by molar-refractivity contribution is -0.200. The molecule has 136 valence electrons. The van der Waals surface area contributed by atoms with E-state index in [4.69, 9.17) is 9.84 Å². The molecule has 1 saturated carbocycles. The van der Waals surface area contributed by atoms with Gasteiger partial charge in [0.1, 0.15) is 31.0 Å². The van der Waals surface area contributed by atoms with Gasteiger partial charge in [0, 0.05) is 13.0 Å². The number of hydrogen-bond acceptors (Lipinski definition) is 7. The molecule has 1 aliphatic heterocycles. The fourth-order valence-corrected chi connectivity index (χ4v) is 2.81. The number of nitrogens with zero attached hydrogens (tertiary/aromatic N) is 1. The Morgan fingerprint density at radius 1 is 1.13 bits per heavy atom. The standard InChI is InChI=1S/C8H17N.C8H14O6/c1-9(2)8-6-4-3-5-7-8;1-4(9)13-3-6-8(12)7(11)5(10)2-14-6/h8H,3-7H2,1-2H3;5-8,10-12H,2-3H2,1H3. The molecule has 1 heterocycles. The molecular formula is C16H31NO6. The van der Waals surface area contributed by atoms with E-state index in [9.17, 15) is 15.0 Å². The number of rotatable bonds is 3. The zero-order valence-electron chi connectivity index (χ0n) is 14.4. The maximum atomic E-state index is 10.5. The van der Waals surface area contributed by atoms with Gasteiger partial charge in [-0.15, -0.1) is 0 Å². The molecule has 3 N–H and O–H groups in total. The Morgan fingerprint density at radius 3 is 2.22 bits per heavy atom. The Hall–Kier alpha value is -0.730. The van der Waals surface area contributed by atoms with Gasteiger partial charge in [-0.1, -0.05) is 19.3 Å². The third-order valence-corrected chi connectivity index (χ3v) is 4.36. The first kappa shape index (κ1) is 20.3. The van der Waals surface area contributed by atoms with Crippen molar-refractivity contribution in [1.82, 2.24) is 4.90 Å². The van der Waals surface area contributed by atoms with E-state index in [0.29, 0.717) is 0 Å². The van der Waals surface area contributed by atoms with Gasteiger partial charge < -0.3 is 29.7 Å². The normalized spacial score (nSPS) is 32.1. The second-order valence-electron chi connectivity index (χ2n) is 6.48. The van der Waals surface area contributed by atoms with Crippen LogP contribution in [0.5, 0.6) is 0 Å². The summed E-state index contributed by atoms with van der Waals surface area (Å²) in [6.45, 7) is 1.03. The van der Waals surface area contributed by atoms with E-state index in [1.807, 2.05) is 0 Å². The SMILES string of the molecule is CC(=O)OCC1OCC(O)C(O)C1O.CN(C)C1CCCCC1. The second-order valence-corrected chi connectivity index (χ2v) is 6.48. The molecule has 2 aliphatic rings. The fourth-order valence-electron chi connectivity index (χ4n) is 2.81. The van der Waals surface area contributed by atoms with E-state index in [2.05, 4.69) is 23.7 Å². The fraction of sp³-hybridized carbons (Fsp3) is 0.938. The van der Waals surface area contributed by atoms with Gasteiger partial charge in [0.25, 0.3) is 0 Å². The van der Waals surface area contributed by atoms with Crippen LogP contribution >= 0.6 is 0 Å². The van der Waals surface area contributed by atoms with E-state index in [0.717, 1.165) is 6.04 Å². The van der Waals surface area contributed by atoms with Crippen LogP contribution in [-0.2, 0) is 14.3 Å². The molecule has 0 bridgehead atoms. The van der Waals surface area contributed by atoms with Crippen LogP contribution in [0.3, 0.4) is 0 Å². The van der Waals surface area contributed by atoms with Crippen LogP contribution in [0.2, 0.25) is 0 Å². The van der Waals surface area contributed by atoms with Crippen LogP contribution in [0, 0.1) is 0 Å². The molecule has 7 nitrogen and oxygen atoms in total. The highest BCUT2D eigenvalue weighted by Gasteiger charge is 2.37. The second kappa shape index (κ2) is 10.2. The molecule has 0 aromatic heterocycles. The molecule has 2 rings (SSSR count). The van der Waals surface area contributed by atoms with Crippen molar-refractivity contribution in [1.29, 1.82) is 0 Å². The Bertz CT molecular complexity index is 345. The van der Waals surface area contributed by atoms with Crippen LogP contribution in [0.1, 0.15) is 39.0 Å². The highest BCUT2D eigenvalue weighted by Crippen LogP contribution is 2.20. The quantitative estimate of drug-likeness (QED) is 0.621. The molecule has 1 aliphatic carbocycles. The molecule has 0 spiro atoms. The molecule has 4 unspecified atom stereocenters. The Kier molecular flexibility index (Phi) is 9.01. The van der Waals surface area contributed by atoms with Gasteiger partial charge in [0.05, 0.1) is 6.61 Å². The lowest BCUT2D eigenvalue weighted by Crippen LogP contribution is -2.54. The van der Waals surface area contributed by atoms with Crippen LogP contribution in [0.25, 0.3) is 0 Å². The lowest BCUT2D eigenvalue weighted by atomic mass is 9.95. The maximum absolute atomic E-state index is 10.5. The van der Waals surface area contributed by atoms with Gasteiger partial charge >= 0.3 is 5.97 Å². The van der Waals surface area contributed by atoms with Gasteiger partial charge in [-0.25, -0.2) is 0 Å². The van der Waals surface area contributed by atoms with Crippen LogP contribution in [-0.4, -0.2) is 84.0 Å². The highest BCUT2D eigenvalue weighted by atomic mass is 16.6. The predicted molar refractivity (Wildman–Crippen MR) is 85.0 cm³/mol. The Balaban J connectivity index is 0.000000253. The molecule has 0 aromatic carbocycles. The van der Waals surface area contributed by atoms with Crippen molar-refractivity contribution in [3.63, 3.8) is 0 Å². The molecular weight excluding hydrogens is 302 g/mol. The summed E-state index contributed by atoms with van der Waals surface area (Å²) in [5.74, 6) is -0.485. The summed E-state index contributed by atoms with van der Waals surface area (Å²) in [5.41, 5.74) is 0. The van der Waals surface area contributed by atoms with E-state index in [1.165, 1.54) is 39.0 Å². The Morgan fingerprint density at radius 2 is 1.74 bits per heavy atom. The monoisotopic (exact) mass is 333 g/mol. The zero-order chi connectivity index (χ0) is 17.4. The van der Waals surface area contributed by atoms with Gasteiger partial charge in [0.2, 0.25) is 0 Å². The summed E-state index contributed by atoms with van der Waals surface area (Å²) >= 11 is 0. The average Bonchev–Trinajstić information content (AvgIpc) is 2.53. The topological polar surface area (TPSA) is 99.5 Å². The molecule has 23 heavy (non-hydrogen) atoms. The van der Waals surface area contributed by atoms with Crippen molar-refractivity contribution in [2.45, 2.75) is 69.5 Å². The number of aliphatic hydroxyl groups excluding tert-OH is 3. The first-order valence-electron chi connectivity index (χ1n) is 8.28. The summed E-state index contributed by atoms with van der Waals surface area (Å²) in [4.78, 5) is 12.8. The third-order valence-electron chi connectivity index (χ3n) is 4.36. The molecule has 0 amide bonds. The number of carbonyl (C=O) groups is 1. The molecule has 2 fully saturated rings. The van der Waals surface area contributed by atoms with E-state index in [1.54, 1.807) is 0 Å². The van der Waals surface area contributed by atoms with Crippen molar-refractivity contribution >= 4 is 5.97 Å². The van der Waals surface area contributed by atoms with Gasteiger partial charge in [-0.05, 0) is 26.9 Å². The predicted octanol–water partition coefficient (Wildman–Crippen LogP) is -0.0883.